The van der Waals surface area contributed by atoms with Crippen LogP contribution < -0.4 is 9.79 Å². The second kappa shape index (κ2) is 18.0. The molecule has 35 heavy (non-hydrogen) atoms. The van der Waals surface area contributed by atoms with E-state index in [4.69, 9.17) is 32.7 Å². The van der Waals surface area contributed by atoms with Crippen LogP contribution >= 0.6 is 34.2 Å². The Balaban J connectivity index is 0.000000240. The summed E-state index contributed by atoms with van der Waals surface area (Å²) in [7, 11) is 0. The van der Waals surface area contributed by atoms with Crippen LogP contribution in [0, 0.1) is 0 Å². The molecule has 0 bridgehead atoms. The largest absolute Gasteiger partial charge is 2.00 e. The number of hydrogen-bond acceptors (Lipinski definition) is 8. The fraction of sp³-hybridized carbons (Fsp3) is 1.00. The summed E-state index contributed by atoms with van der Waals surface area (Å²) in [6, 6.07) is 0. The molecule has 4 saturated carbocycles. The van der Waals surface area contributed by atoms with Gasteiger partial charge in [0.25, 0.3) is 0 Å². The van der Waals surface area contributed by atoms with Crippen molar-refractivity contribution in [2.75, 3.05) is 0 Å². The molecular weight excluding hydrogens is 608 g/mol. The van der Waals surface area contributed by atoms with Crippen molar-refractivity contribution in [3.05, 3.63) is 0 Å². The van der Waals surface area contributed by atoms with Crippen molar-refractivity contribution in [1.82, 2.24) is 0 Å². The molecule has 2 unspecified atom stereocenters. The predicted molar refractivity (Wildman–Crippen MR) is 153 cm³/mol. The van der Waals surface area contributed by atoms with E-state index in [1.54, 1.807) is 0 Å². The molecule has 200 valence electrons. The molecule has 0 aliphatic heterocycles. The van der Waals surface area contributed by atoms with Crippen molar-refractivity contribution in [2.24, 2.45) is 0 Å². The van der Waals surface area contributed by atoms with Crippen molar-refractivity contribution >= 4 is 57.8 Å². The van der Waals surface area contributed by atoms with Crippen molar-refractivity contribution < 1.29 is 38.3 Å². The zero-order valence-corrected chi connectivity index (χ0v) is 29.3. The maximum atomic E-state index is 12.3. The smallest absolute Gasteiger partial charge is 0.793 e. The summed E-state index contributed by atoms with van der Waals surface area (Å²) in [5.41, 5.74) is -5.66. The Morgan fingerprint density at radius 1 is 0.486 bits per heavy atom. The molecule has 0 aromatic rings. The Morgan fingerprint density at radius 3 is 1.03 bits per heavy atom. The van der Waals surface area contributed by atoms with Crippen LogP contribution in [0.4, 0.5) is 0 Å². The van der Waals surface area contributed by atoms with Gasteiger partial charge in [0.1, 0.15) is 0 Å². The van der Waals surface area contributed by atoms with Crippen LogP contribution in [0.1, 0.15) is 128 Å². The van der Waals surface area contributed by atoms with E-state index in [1.165, 1.54) is 125 Å². The van der Waals surface area contributed by atoms with Gasteiger partial charge in [-0.1, -0.05) is 101 Å². The third-order valence-corrected chi connectivity index (χ3v) is 16.4. The number of hydrogen-bond donors (Lipinski definition) is 0. The van der Waals surface area contributed by atoms with E-state index >= 15 is 0 Å². The van der Waals surface area contributed by atoms with Crippen LogP contribution in [0.15, 0.2) is 0 Å². The summed E-state index contributed by atoms with van der Waals surface area (Å²) < 4.78 is 11.4. The van der Waals surface area contributed by atoms with Gasteiger partial charge < -0.3 is 18.8 Å². The maximum Gasteiger partial charge on any atom is 2.00 e. The standard InChI is InChI=1S/2C12H23O2PS2.Zn/c2*13-15(16,14-11-7-3-1-4-8-11)17-12-9-5-2-6-10-12;/h2*11-12H,1-10H2,(H,13,16);/q;;+2/p-2. The minimum atomic E-state index is -2.83. The van der Waals surface area contributed by atoms with E-state index in [9.17, 15) is 9.79 Å². The van der Waals surface area contributed by atoms with Gasteiger partial charge in [-0.2, -0.15) is 0 Å². The molecule has 0 amide bonds. The average molecular weight is 652 g/mol. The Bertz CT molecular complexity index is 562. The molecule has 4 aliphatic carbocycles. The molecule has 0 aromatic heterocycles. The summed E-state index contributed by atoms with van der Waals surface area (Å²) in [6.07, 6.45) is 24.3. The summed E-state index contributed by atoms with van der Waals surface area (Å²) in [5.74, 6) is 0. The summed E-state index contributed by atoms with van der Waals surface area (Å²) >= 11 is 13.3. The Kier molecular flexibility index (Phi) is 17.3. The van der Waals surface area contributed by atoms with Crippen LogP contribution in [0.25, 0.3) is 0 Å². The second-order valence-electron chi connectivity index (χ2n) is 10.4. The molecule has 4 rings (SSSR count). The Hall–Kier alpha value is 2.46. The van der Waals surface area contributed by atoms with Gasteiger partial charge in [-0.15, -0.1) is 22.8 Å². The Morgan fingerprint density at radius 2 is 0.743 bits per heavy atom. The summed E-state index contributed by atoms with van der Waals surface area (Å²) in [5, 5.41) is 0.964. The summed E-state index contributed by atoms with van der Waals surface area (Å²) in [4.78, 5) is 24.6. The first-order chi connectivity index (χ1) is 16.3. The van der Waals surface area contributed by atoms with E-state index < -0.39 is 11.4 Å². The number of rotatable bonds is 8. The fourth-order valence-corrected chi connectivity index (χ4v) is 15.9. The van der Waals surface area contributed by atoms with Crippen molar-refractivity contribution in [2.45, 2.75) is 151 Å². The van der Waals surface area contributed by atoms with Gasteiger partial charge in [0, 0.05) is 21.9 Å². The van der Waals surface area contributed by atoms with Gasteiger partial charge in [-0.05, 0) is 51.4 Å². The molecule has 0 aromatic carbocycles. The zero-order valence-electron chi connectivity index (χ0n) is 21.3. The molecule has 0 N–H and O–H groups in total. The van der Waals surface area contributed by atoms with Crippen LogP contribution in [-0.4, -0.2) is 22.7 Å². The van der Waals surface area contributed by atoms with Crippen LogP contribution in [0.2, 0.25) is 0 Å². The average Bonchev–Trinajstić information content (AvgIpc) is 2.81. The fourth-order valence-electron chi connectivity index (χ4n) is 5.46. The topological polar surface area (TPSA) is 64.6 Å². The molecular formula is C24H44O4P2S4Zn. The van der Waals surface area contributed by atoms with E-state index in [-0.39, 0.29) is 31.7 Å². The molecule has 0 spiro atoms. The van der Waals surface area contributed by atoms with E-state index in [0.29, 0.717) is 10.5 Å². The normalized spacial score (nSPS) is 27.0. The van der Waals surface area contributed by atoms with E-state index in [1.807, 2.05) is 0 Å². The SMILES string of the molecule is [O-]P(=S)(OC1CCCCC1)SC1CCCCC1.[O-]P(=S)(OC1CCCCC1)SC1CCCCC1.[Zn+2]. The van der Waals surface area contributed by atoms with Gasteiger partial charge in [0.05, 0.1) is 12.2 Å². The zero-order chi connectivity index (χ0) is 24.3. The second-order valence-corrected chi connectivity index (χ2v) is 22.7. The van der Waals surface area contributed by atoms with Gasteiger partial charge >= 0.3 is 19.5 Å². The third kappa shape index (κ3) is 14.6. The minimum Gasteiger partial charge on any atom is -0.793 e. The molecule has 4 aliphatic rings. The minimum absolute atomic E-state index is 0. The van der Waals surface area contributed by atoms with Gasteiger partial charge in [-0.3, -0.25) is 0 Å². The van der Waals surface area contributed by atoms with Crippen molar-refractivity contribution in [3.8, 4) is 0 Å². The quantitative estimate of drug-likeness (QED) is 0.193. The molecule has 2 atom stereocenters. The monoisotopic (exact) mass is 650 g/mol. The van der Waals surface area contributed by atoms with Crippen LogP contribution in [0.5, 0.6) is 0 Å². The Labute approximate surface area is 245 Å². The van der Waals surface area contributed by atoms with Gasteiger partial charge in [0.2, 0.25) is 0 Å². The molecule has 4 fully saturated rings. The molecule has 0 heterocycles. The maximum absolute atomic E-state index is 12.3. The molecule has 4 nitrogen and oxygen atoms in total. The van der Waals surface area contributed by atoms with E-state index in [2.05, 4.69) is 0 Å². The predicted octanol–water partition coefficient (Wildman–Crippen LogP) is 7.97. The van der Waals surface area contributed by atoms with Gasteiger partial charge in [-0.25, -0.2) is 0 Å². The van der Waals surface area contributed by atoms with Crippen LogP contribution in [0.3, 0.4) is 0 Å². The third-order valence-electron chi connectivity index (χ3n) is 7.32. The van der Waals surface area contributed by atoms with Crippen molar-refractivity contribution in [3.63, 3.8) is 0 Å². The summed E-state index contributed by atoms with van der Waals surface area (Å²) in [6.45, 7) is 0. The van der Waals surface area contributed by atoms with Gasteiger partial charge in [0.15, 0.2) is 0 Å². The van der Waals surface area contributed by atoms with E-state index in [0.717, 1.165) is 25.7 Å². The van der Waals surface area contributed by atoms with Crippen LogP contribution in [-0.2, 0) is 52.1 Å². The molecule has 0 radical (unpaired) electrons. The first-order valence-corrected chi connectivity index (χ1v) is 21.9. The first-order valence-electron chi connectivity index (χ1n) is 13.7. The van der Waals surface area contributed by atoms with Crippen molar-refractivity contribution in [1.29, 1.82) is 0 Å². The first kappa shape index (κ1) is 33.7. The molecule has 0 saturated heterocycles. The molecule has 11 heteroatoms.